The summed E-state index contributed by atoms with van der Waals surface area (Å²) in [6.45, 7) is 10.5. The summed E-state index contributed by atoms with van der Waals surface area (Å²) in [4.78, 5) is 59.4. The molecular weight excluding hydrogens is 717 g/mol. The zero-order chi connectivity index (χ0) is 39.8. The molecule has 0 aromatic heterocycles. The maximum Gasteiger partial charge on any atom is 0.407 e. The number of carboxylic acid groups (broad SMARTS) is 1. The second-order valence-electron chi connectivity index (χ2n) is 15.8. The number of nitrogens with one attached hydrogen (secondary N) is 1. The zero-order valence-electron chi connectivity index (χ0n) is 32.6. The Kier molecular flexibility index (Phi) is 13.4. The normalized spacial score (nSPS) is 22.8. The van der Waals surface area contributed by atoms with Crippen molar-refractivity contribution in [1.29, 1.82) is 0 Å². The Hall–Kier alpha value is -4.85. The van der Waals surface area contributed by atoms with Crippen molar-refractivity contribution in [3.8, 4) is 0 Å². The molecule has 13 heteroatoms. The summed E-state index contributed by atoms with van der Waals surface area (Å²) in [6.07, 6.45) is 0.540. The molecule has 2 N–H and O–H groups in total. The van der Waals surface area contributed by atoms with E-state index in [1.807, 2.05) is 42.2 Å². The molecule has 3 amide bonds. The number of carbonyl (C=O) groups excluding carboxylic acids is 3. The fourth-order valence-corrected chi connectivity index (χ4v) is 8.21. The van der Waals surface area contributed by atoms with Gasteiger partial charge in [0.2, 0.25) is 11.8 Å². The third kappa shape index (κ3) is 10.3. The van der Waals surface area contributed by atoms with Gasteiger partial charge in [-0.2, -0.15) is 0 Å². The molecule has 2 fully saturated rings. The van der Waals surface area contributed by atoms with E-state index in [0.717, 1.165) is 34.5 Å². The Bertz CT molecular complexity index is 1850. The van der Waals surface area contributed by atoms with Crippen LogP contribution in [-0.2, 0) is 42.3 Å². The Morgan fingerprint density at radius 2 is 1.70 bits per heavy atom. The van der Waals surface area contributed by atoms with Crippen LogP contribution in [0.4, 0.5) is 14.9 Å². The molecule has 3 heterocycles. The predicted octanol–water partition coefficient (Wildman–Crippen LogP) is 4.82. The molecule has 4 atom stereocenters. The number of anilines is 1. The number of nitrogens with zero attached hydrogens (tertiary/aromatic N) is 4. The summed E-state index contributed by atoms with van der Waals surface area (Å²) in [5.74, 6) is -1.35. The molecule has 56 heavy (non-hydrogen) atoms. The lowest BCUT2D eigenvalue weighted by Gasteiger charge is -2.47. The molecular formula is C43H54FN5O7. The molecule has 3 aromatic carbocycles. The van der Waals surface area contributed by atoms with Crippen molar-refractivity contribution in [1.82, 2.24) is 20.0 Å². The highest BCUT2D eigenvalue weighted by molar-refractivity contribution is 5.98. The third-order valence-electron chi connectivity index (χ3n) is 11.4. The number of piperazine rings is 1. The van der Waals surface area contributed by atoms with E-state index in [1.54, 1.807) is 12.1 Å². The summed E-state index contributed by atoms with van der Waals surface area (Å²) < 4.78 is 24.6. The van der Waals surface area contributed by atoms with Gasteiger partial charge in [0.25, 0.3) is 0 Å². The SMILES string of the molecule is C[C@@H]1COCCN1C[C@H]1CN(C(=O)O)[C@H](C)CN1CC(=O)N1C[C@](C)(CCCNC(=O)CC(=O)OCc2ccccc2)c2ccc(Cc3ccc(F)cc3)cc21. The second-order valence-corrected chi connectivity index (χ2v) is 15.8. The van der Waals surface area contributed by atoms with Crippen molar-refractivity contribution in [3.63, 3.8) is 0 Å². The molecule has 0 unspecified atom stereocenters. The highest BCUT2D eigenvalue weighted by atomic mass is 19.1. The monoisotopic (exact) mass is 771 g/mol. The molecule has 0 aliphatic carbocycles. The molecule has 0 spiro atoms. The van der Waals surface area contributed by atoms with Crippen LogP contribution in [0.25, 0.3) is 0 Å². The standard InChI is InChI=1S/C43H54FN5O7/c1-30-23-47(36(25-48(30)42(53)54)24-46-18-19-55-27-31(46)2)26-40(51)49-29-43(3,37-15-12-34(21-38(37)49)20-32-10-13-35(44)14-11-32)16-7-17-45-39(50)22-41(52)56-28-33-8-5-4-6-9-33/h4-6,8-15,21,30-31,36H,7,16-20,22-29H2,1-3H3,(H,45,50)(H,53,54)/t30-,31-,36+,43+/m1/s1. The summed E-state index contributed by atoms with van der Waals surface area (Å²) in [5, 5.41) is 12.8. The second kappa shape index (κ2) is 18.4. The number of fused-ring (bicyclic) bond motifs is 1. The van der Waals surface area contributed by atoms with Gasteiger partial charge in [0.1, 0.15) is 18.8 Å². The van der Waals surface area contributed by atoms with E-state index < -0.39 is 23.4 Å². The summed E-state index contributed by atoms with van der Waals surface area (Å²) in [6, 6.07) is 21.6. The molecule has 3 aromatic rings. The first-order valence-electron chi connectivity index (χ1n) is 19.6. The fourth-order valence-electron chi connectivity index (χ4n) is 8.21. The maximum absolute atomic E-state index is 14.5. The molecule has 6 rings (SSSR count). The smallest absolute Gasteiger partial charge is 0.407 e. The van der Waals surface area contributed by atoms with Gasteiger partial charge < -0.3 is 29.7 Å². The Balaban J connectivity index is 1.14. The number of morpholine rings is 1. The average molecular weight is 772 g/mol. The van der Waals surface area contributed by atoms with Crippen molar-refractivity contribution in [3.05, 3.63) is 101 Å². The van der Waals surface area contributed by atoms with E-state index >= 15 is 0 Å². The quantitative estimate of drug-likeness (QED) is 0.135. The minimum absolute atomic E-state index is 0.0628. The highest BCUT2D eigenvalue weighted by Gasteiger charge is 2.43. The van der Waals surface area contributed by atoms with Gasteiger partial charge in [-0.15, -0.1) is 0 Å². The summed E-state index contributed by atoms with van der Waals surface area (Å²) in [5.41, 5.74) is 4.24. The van der Waals surface area contributed by atoms with Crippen LogP contribution in [0.15, 0.2) is 72.8 Å². The van der Waals surface area contributed by atoms with Gasteiger partial charge in [0.05, 0.1) is 19.8 Å². The average Bonchev–Trinajstić information content (AvgIpc) is 3.47. The first-order valence-corrected chi connectivity index (χ1v) is 19.6. The zero-order valence-corrected chi connectivity index (χ0v) is 32.6. The predicted molar refractivity (Wildman–Crippen MR) is 210 cm³/mol. The first kappa shape index (κ1) is 40.8. The van der Waals surface area contributed by atoms with Crippen molar-refractivity contribution in [2.45, 2.75) is 76.6 Å². The number of ether oxygens (including phenoxy) is 2. The van der Waals surface area contributed by atoms with Crippen molar-refractivity contribution in [2.75, 3.05) is 63.9 Å². The van der Waals surface area contributed by atoms with Crippen LogP contribution >= 0.6 is 0 Å². The highest BCUT2D eigenvalue weighted by Crippen LogP contribution is 2.44. The van der Waals surface area contributed by atoms with E-state index in [4.69, 9.17) is 9.47 Å². The summed E-state index contributed by atoms with van der Waals surface area (Å²) in [7, 11) is 0. The minimum Gasteiger partial charge on any atom is -0.465 e. The van der Waals surface area contributed by atoms with E-state index in [0.29, 0.717) is 65.2 Å². The van der Waals surface area contributed by atoms with E-state index in [9.17, 15) is 28.7 Å². The lowest BCUT2D eigenvalue weighted by Crippen LogP contribution is -2.64. The number of rotatable bonds is 14. The fraction of sp³-hybridized carbons (Fsp3) is 0.488. The van der Waals surface area contributed by atoms with Gasteiger partial charge in [-0.1, -0.05) is 61.5 Å². The van der Waals surface area contributed by atoms with Crippen molar-refractivity contribution >= 4 is 29.6 Å². The topological polar surface area (TPSA) is 132 Å². The molecule has 2 saturated heterocycles. The molecule has 3 aliphatic heterocycles. The minimum atomic E-state index is -0.958. The van der Waals surface area contributed by atoms with Gasteiger partial charge in [-0.25, -0.2) is 9.18 Å². The lowest BCUT2D eigenvalue weighted by molar-refractivity contribution is -0.147. The number of carbonyl (C=O) groups is 4. The Labute approximate surface area is 328 Å². The largest absolute Gasteiger partial charge is 0.465 e. The summed E-state index contributed by atoms with van der Waals surface area (Å²) >= 11 is 0. The van der Waals surface area contributed by atoms with E-state index in [-0.39, 0.29) is 49.4 Å². The number of benzene rings is 3. The van der Waals surface area contributed by atoms with Crippen molar-refractivity contribution < 1.29 is 38.1 Å². The van der Waals surface area contributed by atoms with E-state index in [2.05, 4.69) is 47.2 Å². The van der Waals surface area contributed by atoms with Gasteiger partial charge in [0, 0.05) is 68.5 Å². The van der Waals surface area contributed by atoms with Crippen LogP contribution in [0, 0.1) is 5.82 Å². The lowest BCUT2D eigenvalue weighted by atomic mass is 9.80. The van der Waals surface area contributed by atoms with Gasteiger partial charge in [-0.3, -0.25) is 24.2 Å². The molecule has 12 nitrogen and oxygen atoms in total. The number of amides is 3. The molecule has 0 saturated carbocycles. The third-order valence-corrected chi connectivity index (χ3v) is 11.4. The van der Waals surface area contributed by atoms with Gasteiger partial charge in [0.15, 0.2) is 0 Å². The number of halogens is 1. The Morgan fingerprint density at radius 3 is 2.43 bits per heavy atom. The van der Waals surface area contributed by atoms with Crippen LogP contribution < -0.4 is 10.2 Å². The first-order chi connectivity index (χ1) is 26.9. The van der Waals surface area contributed by atoms with Gasteiger partial charge in [-0.05, 0) is 73.6 Å². The van der Waals surface area contributed by atoms with Crippen LogP contribution in [0.3, 0.4) is 0 Å². The maximum atomic E-state index is 14.5. The number of esters is 1. The van der Waals surface area contributed by atoms with Crippen LogP contribution in [0.2, 0.25) is 0 Å². The molecule has 3 aliphatic rings. The molecule has 0 bridgehead atoms. The van der Waals surface area contributed by atoms with E-state index in [1.165, 1.54) is 17.0 Å². The van der Waals surface area contributed by atoms with Crippen LogP contribution in [-0.4, -0.2) is 121 Å². The van der Waals surface area contributed by atoms with Crippen LogP contribution in [0.5, 0.6) is 0 Å². The number of hydrogen-bond acceptors (Lipinski definition) is 8. The molecule has 300 valence electrons. The molecule has 0 radical (unpaired) electrons. The number of hydrogen-bond donors (Lipinski definition) is 2. The van der Waals surface area contributed by atoms with Crippen molar-refractivity contribution in [2.24, 2.45) is 0 Å². The Morgan fingerprint density at radius 1 is 0.946 bits per heavy atom. The van der Waals surface area contributed by atoms with Gasteiger partial charge >= 0.3 is 12.1 Å². The van der Waals surface area contributed by atoms with Crippen LogP contribution in [0.1, 0.15) is 62.3 Å².